The van der Waals surface area contributed by atoms with Crippen LogP contribution >= 0.6 is 0 Å². The summed E-state index contributed by atoms with van der Waals surface area (Å²) >= 11 is 0. The van der Waals surface area contributed by atoms with Crippen molar-refractivity contribution in [1.29, 1.82) is 0 Å². The number of methoxy groups -OCH3 is 1. The molecule has 1 unspecified atom stereocenters. The fraction of sp³-hybridized carbons (Fsp3) is 0.900. The summed E-state index contributed by atoms with van der Waals surface area (Å²) in [5.41, 5.74) is 0. The van der Waals surface area contributed by atoms with Gasteiger partial charge in [0.2, 0.25) is 0 Å². The van der Waals surface area contributed by atoms with Gasteiger partial charge in [-0.25, -0.2) is 0 Å². The molecule has 78 valence electrons. The zero-order valence-corrected chi connectivity index (χ0v) is 8.58. The lowest BCUT2D eigenvalue weighted by Gasteiger charge is -2.05. The normalized spacial score (nSPS) is 18.8. The van der Waals surface area contributed by atoms with Crippen molar-refractivity contribution in [2.24, 2.45) is 0 Å². The van der Waals surface area contributed by atoms with Crippen LogP contribution in [0.15, 0.2) is 0 Å². The van der Waals surface area contributed by atoms with Crippen molar-refractivity contribution >= 4 is 5.78 Å². The number of hydrogen-bond donors (Lipinski definition) is 1. The standard InChI is InChI=1S/C6H10O.C4H10O2/c7-6-4-2-1-3-5-6;1-4(5)3-6-2/h1-5H2;4-5H,3H2,1-2H3. The third-order valence-electron chi connectivity index (χ3n) is 1.82. The summed E-state index contributed by atoms with van der Waals surface area (Å²) in [6, 6.07) is 0. The number of carbonyl (C=O) groups excluding carboxylic acids is 1. The second-order valence-electron chi connectivity index (χ2n) is 3.40. The first-order valence-corrected chi connectivity index (χ1v) is 4.85. The number of aliphatic hydroxyl groups is 1. The molecule has 1 aliphatic rings. The van der Waals surface area contributed by atoms with Crippen molar-refractivity contribution in [3.8, 4) is 0 Å². The maximum absolute atomic E-state index is 10.5. The van der Waals surface area contributed by atoms with Gasteiger partial charge < -0.3 is 9.84 Å². The molecule has 0 aromatic rings. The smallest absolute Gasteiger partial charge is 0.132 e. The minimum absolute atomic E-state index is 0.324. The van der Waals surface area contributed by atoms with Crippen molar-refractivity contribution in [2.45, 2.75) is 45.1 Å². The predicted octanol–water partition coefficient (Wildman–Crippen LogP) is 1.53. The summed E-state index contributed by atoms with van der Waals surface area (Å²) in [5.74, 6) is 0.464. The zero-order chi connectivity index (χ0) is 10.1. The molecule has 1 atom stereocenters. The van der Waals surface area contributed by atoms with Gasteiger partial charge in [-0.3, -0.25) is 4.79 Å². The van der Waals surface area contributed by atoms with E-state index in [0.717, 1.165) is 25.7 Å². The second kappa shape index (κ2) is 8.20. The number of rotatable bonds is 2. The molecule has 0 spiro atoms. The maximum Gasteiger partial charge on any atom is 0.132 e. The Labute approximate surface area is 80.1 Å². The Morgan fingerprint density at radius 3 is 2.08 bits per heavy atom. The molecular weight excluding hydrogens is 168 g/mol. The molecule has 3 nitrogen and oxygen atoms in total. The SMILES string of the molecule is COCC(C)O.O=C1CCCCC1. The number of carbonyl (C=O) groups is 1. The van der Waals surface area contributed by atoms with Gasteiger partial charge in [-0.15, -0.1) is 0 Å². The summed E-state index contributed by atoms with van der Waals surface area (Å²) in [6.45, 7) is 2.11. The number of ether oxygens (including phenoxy) is 1. The summed E-state index contributed by atoms with van der Waals surface area (Å²) in [6.07, 6.45) is 4.92. The first-order valence-electron chi connectivity index (χ1n) is 4.85. The Balaban J connectivity index is 0.000000226. The van der Waals surface area contributed by atoms with Crippen molar-refractivity contribution < 1.29 is 14.6 Å². The summed E-state index contributed by atoms with van der Waals surface area (Å²) < 4.78 is 4.55. The molecule has 3 heteroatoms. The molecule has 0 saturated heterocycles. The summed E-state index contributed by atoms with van der Waals surface area (Å²) in [4.78, 5) is 10.5. The van der Waals surface area contributed by atoms with Gasteiger partial charge >= 0.3 is 0 Å². The monoisotopic (exact) mass is 188 g/mol. The molecule has 1 fully saturated rings. The molecule has 0 amide bonds. The fourth-order valence-electron chi connectivity index (χ4n) is 1.19. The third-order valence-corrected chi connectivity index (χ3v) is 1.82. The average molecular weight is 188 g/mol. The van der Waals surface area contributed by atoms with Crippen LogP contribution in [0.4, 0.5) is 0 Å². The number of ketones is 1. The van der Waals surface area contributed by atoms with E-state index in [9.17, 15) is 4.79 Å². The number of Topliss-reactive ketones (excluding diaryl/α,β-unsaturated/α-hetero) is 1. The number of aliphatic hydroxyl groups excluding tert-OH is 1. The maximum atomic E-state index is 10.5. The molecule has 0 radical (unpaired) electrons. The molecule has 1 N–H and O–H groups in total. The van der Waals surface area contributed by atoms with E-state index in [4.69, 9.17) is 5.11 Å². The Hall–Kier alpha value is -0.410. The van der Waals surface area contributed by atoms with Crippen LogP contribution in [0.3, 0.4) is 0 Å². The van der Waals surface area contributed by atoms with Crippen LogP contribution in [-0.2, 0) is 9.53 Å². The molecule has 0 aromatic heterocycles. The largest absolute Gasteiger partial charge is 0.391 e. The van der Waals surface area contributed by atoms with Gasteiger partial charge in [0.1, 0.15) is 5.78 Å². The van der Waals surface area contributed by atoms with Crippen molar-refractivity contribution in [3.05, 3.63) is 0 Å². The molecule has 1 saturated carbocycles. The molecule has 0 aromatic carbocycles. The predicted molar refractivity (Wildman–Crippen MR) is 51.6 cm³/mol. The minimum atomic E-state index is -0.324. The van der Waals surface area contributed by atoms with E-state index in [2.05, 4.69) is 4.74 Å². The van der Waals surface area contributed by atoms with Crippen LogP contribution in [0.1, 0.15) is 39.0 Å². The van der Waals surface area contributed by atoms with Gasteiger partial charge in [-0.2, -0.15) is 0 Å². The molecule has 1 aliphatic carbocycles. The zero-order valence-electron chi connectivity index (χ0n) is 8.58. The highest BCUT2D eigenvalue weighted by Crippen LogP contribution is 2.12. The van der Waals surface area contributed by atoms with Gasteiger partial charge in [0, 0.05) is 20.0 Å². The molecule has 0 bridgehead atoms. The first-order chi connectivity index (χ1) is 6.16. The highest BCUT2D eigenvalue weighted by molar-refractivity contribution is 5.78. The van der Waals surface area contributed by atoms with Crippen LogP contribution in [0, 0.1) is 0 Å². The van der Waals surface area contributed by atoms with Crippen LogP contribution in [0.2, 0.25) is 0 Å². The minimum Gasteiger partial charge on any atom is -0.391 e. The van der Waals surface area contributed by atoms with Gasteiger partial charge in [0.25, 0.3) is 0 Å². The van der Waals surface area contributed by atoms with E-state index >= 15 is 0 Å². The molecule has 0 aliphatic heterocycles. The van der Waals surface area contributed by atoms with Gasteiger partial charge in [-0.05, 0) is 19.8 Å². The highest BCUT2D eigenvalue weighted by atomic mass is 16.5. The Bertz CT molecular complexity index is 124. The topological polar surface area (TPSA) is 46.5 Å². The second-order valence-corrected chi connectivity index (χ2v) is 3.40. The Morgan fingerprint density at radius 2 is 1.92 bits per heavy atom. The van der Waals surface area contributed by atoms with E-state index in [1.54, 1.807) is 14.0 Å². The van der Waals surface area contributed by atoms with Crippen LogP contribution in [0.5, 0.6) is 0 Å². The summed E-state index contributed by atoms with van der Waals surface area (Å²) in [7, 11) is 1.56. The van der Waals surface area contributed by atoms with Crippen LogP contribution < -0.4 is 0 Å². The Kier molecular flexibility index (Phi) is 7.94. The van der Waals surface area contributed by atoms with Crippen LogP contribution in [-0.4, -0.2) is 30.7 Å². The van der Waals surface area contributed by atoms with Gasteiger partial charge in [-0.1, -0.05) is 6.42 Å². The molecule has 13 heavy (non-hydrogen) atoms. The summed E-state index contributed by atoms with van der Waals surface area (Å²) in [5, 5.41) is 8.43. The van der Waals surface area contributed by atoms with E-state index in [1.807, 2.05) is 0 Å². The van der Waals surface area contributed by atoms with Crippen molar-refractivity contribution in [3.63, 3.8) is 0 Å². The molecule has 0 heterocycles. The van der Waals surface area contributed by atoms with Gasteiger partial charge in [0.15, 0.2) is 0 Å². The lowest BCUT2D eigenvalue weighted by Crippen LogP contribution is -2.07. The van der Waals surface area contributed by atoms with Crippen LogP contribution in [0.25, 0.3) is 0 Å². The average Bonchev–Trinajstić information content (AvgIpc) is 2.06. The molecular formula is C10H20O3. The van der Waals surface area contributed by atoms with Gasteiger partial charge in [0.05, 0.1) is 12.7 Å². The molecule has 1 rings (SSSR count). The van der Waals surface area contributed by atoms with E-state index in [0.29, 0.717) is 12.4 Å². The van der Waals surface area contributed by atoms with E-state index < -0.39 is 0 Å². The lowest BCUT2D eigenvalue weighted by molar-refractivity contribution is -0.120. The van der Waals surface area contributed by atoms with Crippen molar-refractivity contribution in [2.75, 3.05) is 13.7 Å². The van der Waals surface area contributed by atoms with E-state index in [1.165, 1.54) is 6.42 Å². The Morgan fingerprint density at radius 1 is 1.38 bits per heavy atom. The van der Waals surface area contributed by atoms with Crippen molar-refractivity contribution in [1.82, 2.24) is 0 Å². The lowest BCUT2D eigenvalue weighted by atomic mass is 10.00. The highest BCUT2D eigenvalue weighted by Gasteiger charge is 2.05. The fourth-order valence-corrected chi connectivity index (χ4v) is 1.19. The first kappa shape index (κ1) is 12.6. The van der Waals surface area contributed by atoms with E-state index in [-0.39, 0.29) is 6.10 Å². The quantitative estimate of drug-likeness (QED) is 0.715. The number of hydrogen-bond acceptors (Lipinski definition) is 3. The third kappa shape index (κ3) is 9.50.